The number of anilines is 1. The second-order valence-electron chi connectivity index (χ2n) is 6.15. The highest BCUT2D eigenvalue weighted by Gasteiger charge is 2.18. The van der Waals surface area contributed by atoms with Gasteiger partial charge in [-0.3, -0.25) is 0 Å². The van der Waals surface area contributed by atoms with Gasteiger partial charge >= 0.3 is 0 Å². The summed E-state index contributed by atoms with van der Waals surface area (Å²) >= 11 is 0. The molecule has 3 nitrogen and oxygen atoms in total. The quantitative estimate of drug-likeness (QED) is 0.858. The first-order valence-corrected chi connectivity index (χ1v) is 7.06. The molecular weight excluding hydrogens is 262 g/mol. The molecule has 0 aliphatic rings. The van der Waals surface area contributed by atoms with Crippen LogP contribution in [-0.4, -0.2) is 7.11 Å². The first-order chi connectivity index (χ1) is 9.90. The monoisotopic (exact) mass is 285 g/mol. The van der Waals surface area contributed by atoms with Crippen LogP contribution >= 0.6 is 0 Å². The Morgan fingerprint density at radius 3 is 2.43 bits per heavy atom. The summed E-state index contributed by atoms with van der Waals surface area (Å²) in [6.07, 6.45) is 0. The molecule has 0 fully saturated rings. The second-order valence-corrected chi connectivity index (χ2v) is 6.15. The van der Waals surface area contributed by atoms with E-state index in [0.29, 0.717) is 12.3 Å². The van der Waals surface area contributed by atoms with Gasteiger partial charge in [-0.25, -0.2) is 0 Å². The first kappa shape index (κ1) is 15.2. The molecule has 0 saturated carbocycles. The molecule has 0 heterocycles. The van der Waals surface area contributed by atoms with Crippen molar-refractivity contribution in [1.29, 1.82) is 0 Å². The Labute approximate surface area is 126 Å². The van der Waals surface area contributed by atoms with Gasteiger partial charge in [-0.15, -0.1) is 0 Å². The van der Waals surface area contributed by atoms with Crippen LogP contribution in [0.15, 0.2) is 42.5 Å². The highest BCUT2D eigenvalue weighted by Crippen LogP contribution is 2.31. The van der Waals surface area contributed by atoms with E-state index in [4.69, 9.17) is 15.2 Å². The van der Waals surface area contributed by atoms with E-state index in [1.165, 1.54) is 5.56 Å². The predicted molar refractivity (Wildman–Crippen MR) is 86.9 cm³/mol. The van der Waals surface area contributed by atoms with E-state index < -0.39 is 0 Å². The van der Waals surface area contributed by atoms with E-state index >= 15 is 0 Å². The number of methoxy groups -OCH3 is 1. The van der Waals surface area contributed by atoms with Crippen LogP contribution in [0.2, 0.25) is 0 Å². The van der Waals surface area contributed by atoms with Crippen LogP contribution in [0.25, 0.3) is 0 Å². The van der Waals surface area contributed by atoms with Gasteiger partial charge in [0.15, 0.2) is 0 Å². The molecule has 0 atom stereocenters. The third kappa shape index (κ3) is 3.91. The topological polar surface area (TPSA) is 44.5 Å². The fourth-order valence-electron chi connectivity index (χ4n) is 2.26. The minimum absolute atomic E-state index is 0.0456. The Hall–Kier alpha value is -2.16. The molecule has 2 rings (SSSR count). The maximum absolute atomic E-state index is 5.99. The van der Waals surface area contributed by atoms with Gasteiger partial charge in [0.05, 0.1) is 7.11 Å². The summed E-state index contributed by atoms with van der Waals surface area (Å²) in [4.78, 5) is 0. The molecule has 2 N–H and O–H groups in total. The average molecular weight is 285 g/mol. The van der Waals surface area contributed by atoms with Crippen molar-refractivity contribution < 1.29 is 9.47 Å². The van der Waals surface area contributed by atoms with Gasteiger partial charge in [-0.2, -0.15) is 0 Å². The molecule has 3 heteroatoms. The molecule has 0 saturated heterocycles. The molecule has 0 unspecified atom stereocenters. The number of nitrogen functional groups attached to an aromatic ring is 1. The van der Waals surface area contributed by atoms with Crippen LogP contribution in [0.1, 0.15) is 31.9 Å². The van der Waals surface area contributed by atoms with E-state index in [9.17, 15) is 0 Å². The van der Waals surface area contributed by atoms with Crippen LogP contribution in [0.4, 0.5) is 5.69 Å². The summed E-state index contributed by atoms with van der Waals surface area (Å²) in [5.41, 5.74) is 8.78. The minimum Gasteiger partial charge on any atom is -0.497 e. The predicted octanol–water partition coefficient (Wildman–Crippen LogP) is 4.15. The summed E-state index contributed by atoms with van der Waals surface area (Å²) in [5.74, 6) is 1.66. The fourth-order valence-corrected chi connectivity index (χ4v) is 2.26. The number of rotatable bonds is 4. The third-order valence-electron chi connectivity index (χ3n) is 3.31. The lowest BCUT2D eigenvalue weighted by molar-refractivity contribution is 0.297. The summed E-state index contributed by atoms with van der Waals surface area (Å²) in [6, 6.07) is 13.8. The lowest BCUT2D eigenvalue weighted by Gasteiger charge is -2.22. The maximum Gasteiger partial charge on any atom is 0.123 e. The van der Waals surface area contributed by atoms with Crippen molar-refractivity contribution in [2.24, 2.45) is 0 Å². The largest absolute Gasteiger partial charge is 0.497 e. The van der Waals surface area contributed by atoms with Crippen molar-refractivity contribution >= 4 is 5.69 Å². The normalized spacial score (nSPS) is 11.2. The Balaban J connectivity index is 2.19. The molecule has 0 radical (unpaired) electrons. The van der Waals surface area contributed by atoms with Crippen LogP contribution < -0.4 is 15.2 Å². The van der Waals surface area contributed by atoms with Gasteiger partial charge < -0.3 is 15.2 Å². The second kappa shape index (κ2) is 6.08. The van der Waals surface area contributed by atoms with Crippen molar-refractivity contribution in [2.45, 2.75) is 32.8 Å². The number of hydrogen-bond acceptors (Lipinski definition) is 3. The zero-order valence-electron chi connectivity index (χ0n) is 13.1. The number of para-hydroxylation sites is 1. The molecule has 2 aromatic rings. The van der Waals surface area contributed by atoms with Crippen molar-refractivity contribution in [3.05, 3.63) is 53.6 Å². The van der Waals surface area contributed by atoms with E-state index in [2.05, 4.69) is 26.8 Å². The van der Waals surface area contributed by atoms with Gasteiger partial charge in [0.2, 0.25) is 0 Å². The van der Waals surface area contributed by atoms with E-state index in [1.807, 2.05) is 30.3 Å². The van der Waals surface area contributed by atoms with Crippen LogP contribution in [0.3, 0.4) is 0 Å². The number of nitrogens with two attached hydrogens (primary N) is 1. The molecule has 0 spiro atoms. The van der Waals surface area contributed by atoms with Gasteiger partial charge in [0, 0.05) is 11.8 Å². The lowest BCUT2D eigenvalue weighted by atomic mass is 9.86. The average Bonchev–Trinajstić information content (AvgIpc) is 2.44. The third-order valence-corrected chi connectivity index (χ3v) is 3.31. The molecule has 0 aromatic heterocycles. The van der Waals surface area contributed by atoms with Crippen molar-refractivity contribution in [2.75, 3.05) is 12.8 Å². The number of ether oxygens (including phenoxy) is 2. The summed E-state index contributed by atoms with van der Waals surface area (Å²) in [5, 5.41) is 0. The first-order valence-electron chi connectivity index (χ1n) is 7.06. The zero-order valence-corrected chi connectivity index (χ0v) is 13.1. The molecule has 21 heavy (non-hydrogen) atoms. The molecule has 2 aromatic carbocycles. The maximum atomic E-state index is 5.99. The molecule has 0 bridgehead atoms. The summed E-state index contributed by atoms with van der Waals surface area (Å²) in [6.45, 7) is 7.00. The fraction of sp³-hybridized carbons (Fsp3) is 0.333. The summed E-state index contributed by atoms with van der Waals surface area (Å²) < 4.78 is 11.2. The van der Waals surface area contributed by atoms with E-state index in [0.717, 1.165) is 17.1 Å². The van der Waals surface area contributed by atoms with Gasteiger partial charge in [0.25, 0.3) is 0 Å². The standard InChI is InChI=1S/C18H23NO2/c1-18(2,3)16-7-5-6-8-17(16)21-12-13-9-14(19)11-15(10-13)20-4/h5-11H,12,19H2,1-4H3. The minimum atomic E-state index is 0.0456. The number of hydrogen-bond donors (Lipinski definition) is 1. The van der Waals surface area contributed by atoms with E-state index in [1.54, 1.807) is 13.2 Å². The Bertz CT molecular complexity index is 615. The van der Waals surface area contributed by atoms with Gasteiger partial charge in [0.1, 0.15) is 18.1 Å². The molecule has 0 amide bonds. The van der Waals surface area contributed by atoms with E-state index in [-0.39, 0.29) is 5.41 Å². The van der Waals surface area contributed by atoms with Crippen LogP contribution in [0, 0.1) is 0 Å². The van der Waals surface area contributed by atoms with Crippen molar-refractivity contribution in [1.82, 2.24) is 0 Å². The summed E-state index contributed by atoms with van der Waals surface area (Å²) in [7, 11) is 1.63. The molecule has 0 aliphatic carbocycles. The molecule has 112 valence electrons. The SMILES string of the molecule is COc1cc(N)cc(COc2ccccc2C(C)(C)C)c1. The molecular formula is C18H23NO2. The van der Waals surface area contributed by atoms with Crippen molar-refractivity contribution in [3.8, 4) is 11.5 Å². The highest BCUT2D eigenvalue weighted by molar-refractivity contribution is 5.47. The highest BCUT2D eigenvalue weighted by atomic mass is 16.5. The van der Waals surface area contributed by atoms with Crippen LogP contribution in [-0.2, 0) is 12.0 Å². The van der Waals surface area contributed by atoms with Crippen molar-refractivity contribution in [3.63, 3.8) is 0 Å². The Morgan fingerprint density at radius 1 is 1.05 bits per heavy atom. The Morgan fingerprint density at radius 2 is 1.76 bits per heavy atom. The lowest BCUT2D eigenvalue weighted by Crippen LogP contribution is -2.13. The van der Waals surface area contributed by atoms with Gasteiger partial charge in [-0.05, 0) is 34.7 Å². The number of benzene rings is 2. The smallest absolute Gasteiger partial charge is 0.123 e. The van der Waals surface area contributed by atoms with Crippen LogP contribution in [0.5, 0.6) is 11.5 Å². The van der Waals surface area contributed by atoms with Gasteiger partial charge in [-0.1, -0.05) is 39.0 Å². The molecule has 0 aliphatic heterocycles. The zero-order chi connectivity index (χ0) is 15.5. The Kier molecular flexibility index (Phi) is 4.41.